The van der Waals surface area contributed by atoms with Crippen LogP contribution in [0, 0.1) is 0 Å². The first-order valence-electron chi connectivity index (χ1n) is 5.52. The van der Waals surface area contributed by atoms with Crippen LogP contribution in [0.1, 0.15) is 40.2 Å². The topological polar surface area (TPSA) is 43.4 Å². The smallest absolute Gasteiger partial charge is 0.338 e. The van der Waals surface area contributed by atoms with Crippen LogP contribution < -0.4 is 0 Å². The van der Waals surface area contributed by atoms with Crippen LogP contribution in [0.5, 0.6) is 0 Å². The molecular formula is C13H14BrClO3. The van der Waals surface area contributed by atoms with Crippen molar-refractivity contribution in [2.75, 3.05) is 6.61 Å². The molecule has 1 aromatic carbocycles. The fourth-order valence-electron chi connectivity index (χ4n) is 1.62. The summed E-state index contributed by atoms with van der Waals surface area (Å²) in [6, 6.07) is 5.16. The number of alkyl halides is 2. The molecule has 1 unspecified atom stereocenters. The summed E-state index contributed by atoms with van der Waals surface area (Å²) in [6.45, 7) is 3.48. The molecule has 0 spiro atoms. The monoisotopic (exact) mass is 332 g/mol. The van der Waals surface area contributed by atoms with Crippen molar-refractivity contribution in [3.63, 3.8) is 0 Å². The van der Waals surface area contributed by atoms with E-state index >= 15 is 0 Å². The zero-order valence-corrected chi connectivity index (χ0v) is 12.5. The Kier molecular flexibility index (Phi) is 5.82. The van der Waals surface area contributed by atoms with Crippen LogP contribution >= 0.6 is 27.5 Å². The second kappa shape index (κ2) is 6.90. The largest absolute Gasteiger partial charge is 0.462 e. The van der Waals surface area contributed by atoms with Crippen LogP contribution in [-0.2, 0) is 15.4 Å². The van der Waals surface area contributed by atoms with Gasteiger partial charge in [0, 0.05) is 5.88 Å². The maximum atomic E-state index is 11.9. The second-order valence-electron chi connectivity index (χ2n) is 3.71. The van der Waals surface area contributed by atoms with E-state index in [1.807, 2.05) is 0 Å². The van der Waals surface area contributed by atoms with Gasteiger partial charge >= 0.3 is 5.97 Å². The summed E-state index contributed by atoms with van der Waals surface area (Å²) in [6.07, 6.45) is 0. The van der Waals surface area contributed by atoms with E-state index in [-0.39, 0.29) is 18.3 Å². The van der Waals surface area contributed by atoms with Crippen LogP contribution in [0.2, 0.25) is 0 Å². The van der Waals surface area contributed by atoms with Gasteiger partial charge in [-0.15, -0.1) is 11.6 Å². The lowest BCUT2D eigenvalue weighted by molar-refractivity contribution is -0.116. The Morgan fingerprint density at radius 3 is 2.61 bits per heavy atom. The van der Waals surface area contributed by atoms with Gasteiger partial charge in [0.1, 0.15) is 5.78 Å². The molecule has 18 heavy (non-hydrogen) atoms. The van der Waals surface area contributed by atoms with Crippen molar-refractivity contribution in [1.82, 2.24) is 0 Å². The molecule has 1 rings (SSSR count). The number of carbonyl (C=O) groups excluding carboxylic acids is 2. The van der Waals surface area contributed by atoms with Gasteiger partial charge in [-0.2, -0.15) is 0 Å². The van der Waals surface area contributed by atoms with Gasteiger partial charge in [-0.1, -0.05) is 28.1 Å². The SMILES string of the molecule is CCOC(=O)c1cccc(CCl)c1C(Br)C(C)=O. The van der Waals surface area contributed by atoms with Gasteiger partial charge in [-0.05, 0) is 31.0 Å². The van der Waals surface area contributed by atoms with Crippen LogP contribution in [0.4, 0.5) is 0 Å². The predicted molar refractivity (Wildman–Crippen MR) is 74.3 cm³/mol. The molecule has 0 aromatic heterocycles. The van der Waals surface area contributed by atoms with Crippen LogP contribution in [-0.4, -0.2) is 18.4 Å². The van der Waals surface area contributed by atoms with Crippen molar-refractivity contribution in [1.29, 1.82) is 0 Å². The average Bonchev–Trinajstić information content (AvgIpc) is 2.37. The third-order valence-corrected chi connectivity index (χ3v) is 3.84. The number of rotatable bonds is 5. The highest BCUT2D eigenvalue weighted by Crippen LogP contribution is 2.31. The summed E-state index contributed by atoms with van der Waals surface area (Å²) in [7, 11) is 0. The van der Waals surface area contributed by atoms with Crippen molar-refractivity contribution in [2.45, 2.75) is 24.6 Å². The first-order chi connectivity index (χ1) is 8.52. The summed E-state index contributed by atoms with van der Waals surface area (Å²) in [5.41, 5.74) is 1.73. The number of hydrogen-bond donors (Lipinski definition) is 0. The number of ether oxygens (including phenoxy) is 1. The number of hydrogen-bond acceptors (Lipinski definition) is 3. The van der Waals surface area contributed by atoms with Crippen LogP contribution in [0.3, 0.4) is 0 Å². The molecule has 0 bridgehead atoms. The Morgan fingerprint density at radius 1 is 1.44 bits per heavy atom. The number of ketones is 1. The second-order valence-corrected chi connectivity index (χ2v) is 4.89. The number of esters is 1. The number of carbonyl (C=O) groups is 2. The molecule has 1 atom stereocenters. The van der Waals surface area contributed by atoms with Crippen molar-refractivity contribution < 1.29 is 14.3 Å². The van der Waals surface area contributed by atoms with E-state index in [1.165, 1.54) is 6.92 Å². The van der Waals surface area contributed by atoms with Crippen molar-refractivity contribution in [3.8, 4) is 0 Å². The molecule has 1 aromatic rings. The van der Waals surface area contributed by atoms with Crippen molar-refractivity contribution in [3.05, 3.63) is 34.9 Å². The molecular weight excluding hydrogens is 319 g/mol. The molecule has 0 N–H and O–H groups in total. The molecule has 0 aliphatic rings. The minimum Gasteiger partial charge on any atom is -0.462 e. The summed E-state index contributed by atoms with van der Waals surface area (Å²) < 4.78 is 4.98. The minimum absolute atomic E-state index is 0.0851. The van der Waals surface area contributed by atoms with E-state index in [2.05, 4.69) is 15.9 Å². The fourth-order valence-corrected chi connectivity index (χ4v) is 2.39. The Hall–Kier alpha value is -0.870. The summed E-state index contributed by atoms with van der Waals surface area (Å²) in [5, 5.41) is 0. The molecule has 3 nitrogen and oxygen atoms in total. The van der Waals surface area contributed by atoms with E-state index in [9.17, 15) is 9.59 Å². The van der Waals surface area contributed by atoms with Crippen LogP contribution in [0.25, 0.3) is 0 Å². The minimum atomic E-state index is -0.549. The van der Waals surface area contributed by atoms with Gasteiger partial charge in [0.15, 0.2) is 0 Å². The Bertz CT molecular complexity index is 460. The molecule has 0 aliphatic carbocycles. The lowest BCUT2D eigenvalue weighted by atomic mass is 9.97. The van der Waals surface area contributed by atoms with Crippen LogP contribution in [0.15, 0.2) is 18.2 Å². The molecule has 0 heterocycles. The molecule has 0 saturated carbocycles. The van der Waals surface area contributed by atoms with Gasteiger partial charge in [0.2, 0.25) is 0 Å². The molecule has 98 valence electrons. The standard InChI is InChI=1S/C13H14BrClO3/c1-3-18-13(17)10-6-4-5-9(7-15)11(10)12(14)8(2)16/h4-6,12H,3,7H2,1-2H3. The van der Waals surface area contributed by atoms with E-state index in [0.717, 1.165) is 5.56 Å². The molecule has 0 radical (unpaired) electrons. The average molecular weight is 334 g/mol. The third kappa shape index (κ3) is 3.33. The van der Waals surface area contributed by atoms with Gasteiger partial charge in [-0.3, -0.25) is 4.79 Å². The third-order valence-electron chi connectivity index (χ3n) is 2.45. The summed E-state index contributed by atoms with van der Waals surface area (Å²) in [4.78, 5) is 22.8. The number of benzene rings is 1. The first-order valence-corrected chi connectivity index (χ1v) is 6.97. The van der Waals surface area contributed by atoms with E-state index in [0.29, 0.717) is 11.1 Å². The number of Topliss-reactive ketones (excluding diaryl/α,β-unsaturated/α-hetero) is 1. The lowest BCUT2D eigenvalue weighted by Crippen LogP contribution is -2.14. The molecule has 5 heteroatoms. The molecule has 0 fully saturated rings. The van der Waals surface area contributed by atoms with Gasteiger partial charge in [0.25, 0.3) is 0 Å². The Morgan fingerprint density at radius 2 is 2.11 bits per heavy atom. The normalized spacial score (nSPS) is 12.0. The molecule has 0 amide bonds. The van der Waals surface area contributed by atoms with Crippen molar-refractivity contribution in [2.24, 2.45) is 0 Å². The highest BCUT2D eigenvalue weighted by Gasteiger charge is 2.23. The van der Waals surface area contributed by atoms with E-state index in [1.54, 1.807) is 25.1 Å². The highest BCUT2D eigenvalue weighted by molar-refractivity contribution is 9.09. The summed E-state index contributed by atoms with van der Waals surface area (Å²) in [5.74, 6) is -0.291. The molecule has 0 saturated heterocycles. The number of halogens is 2. The Balaban J connectivity index is 3.33. The van der Waals surface area contributed by atoms with E-state index in [4.69, 9.17) is 16.3 Å². The van der Waals surface area contributed by atoms with Crippen molar-refractivity contribution >= 4 is 39.3 Å². The zero-order chi connectivity index (χ0) is 13.7. The lowest BCUT2D eigenvalue weighted by Gasteiger charge is -2.15. The van der Waals surface area contributed by atoms with Gasteiger partial charge in [-0.25, -0.2) is 4.79 Å². The quantitative estimate of drug-likeness (QED) is 0.610. The molecule has 0 aliphatic heterocycles. The summed E-state index contributed by atoms with van der Waals surface area (Å²) >= 11 is 9.15. The van der Waals surface area contributed by atoms with Gasteiger partial charge < -0.3 is 4.74 Å². The van der Waals surface area contributed by atoms with Gasteiger partial charge in [0.05, 0.1) is 17.0 Å². The maximum absolute atomic E-state index is 11.9. The maximum Gasteiger partial charge on any atom is 0.338 e. The first kappa shape index (κ1) is 15.2. The predicted octanol–water partition coefficient (Wildman–Crippen LogP) is 3.63. The Labute approximate surface area is 120 Å². The highest BCUT2D eigenvalue weighted by atomic mass is 79.9. The fraction of sp³-hybridized carbons (Fsp3) is 0.385. The van der Waals surface area contributed by atoms with E-state index < -0.39 is 10.8 Å². The zero-order valence-electron chi connectivity index (χ0n) is 10.2.